The molecule has 2 aromatic carbocycles. The SMILES string of the molecule is C=CC(=O)OCCOc1ccc(C(=O)OC2CCC(C(=O)Oc3ccc(OC)cc3)CC2)cc1. The predicted molar refractivity (Wildman–Crippen MR) is 123 cm³/mol. The summed E-state index contributed by atoms with van der Waals surface area (Å²) >= 11 is 0. The van der Waals surface area contributed by atoms with Crippen molar-refractivity contribution in [3.63, 3.8) is 0 Å². The monoisotopic (exact) mass is 468 g/mol. The highest BCUT2D eigenvalue weighted by Crippen LogP contribution is 2.29. The largest absolute Gasteiger partial charge is 0.497 e. The summed E-state index contributed by atoms with van der Waals surface area (Å²) in [6, 6.07) is 13.4. The number of benzene rings is 2. The Labute approximate surface area is 198 Å². The first-order valence-corrected chi connectivity index (χ1v) is 11.1. The van der Waals surface area contributed by atoms with Crippen molar-refractivity contribution < 1.29 is 38.1 Å². The lowest BCUT2D eigenvalue weighted by atomic mass is 9.87. The summed E-state index contributed by atoms with van der Waals surface area (Å²) in [5.74, 6) is 0.284. The van der Waals surface area contributed by atoms with Crippen molar-refractivity contribution in [2.24, 2.45) is 5.92 Å². The van der Waals surface area contributed by atoms with E-state index >= 15 is 0 Å². The Kier molecular flexibility index (Phi) is 9.08. The van der Waals surface area contributed by atoms with Gasteiger partial charge in [-0.05, 0) is 74.2 Å². The van der Waals surface area contributed by atoms with Crippen molar-refractivity contribution in [2.75, 3.05) is 20.3 Å². The zero-order valence-electron chi connectivity index (χ0n) is 19.1. The number of carbonyl (C=O) groups is 3. The van der Waals surface area contributed by atoms with E-state index in [0.717, 1.165) is 6.08 Å². The lowest BCUT2D eigenvalue weighted by Crippen LogP contribution is -2.30. The van der Waals surface area contributed by atoms with Crippen LogP contribution < -0.4 is 14.2 Å². The first kappa shape index (κ1) is 24.8. The summed E-state index contributed by atoms with van der Waals surface area (Å²) in [6.07, 6.45) is 3.22. The molecular formula is C26H28O8. The van der Waals surface area contributed by atoms with Gasteiger partial charge in [-0.1, -0.05) is 6.58 Å². The van der Waals surface area contributed by atoms with Gasteiger partial charge in [-0.3, -0.25) is 4.79 Å². The van der Waals surface area contributed by atoms with Crippen LogP contribution in [0.25, 0.3) is 0 Å². The van der Waals surface area contributed by atoms with Crippen molar-refractivity contribution in [1.29, 1.82) is 0 Å². The fourth-order valence-corrected chi connectivity index (χ4v) is 3.53. The van der Waals surface area contributed by atoms with Gasteiger partial charge in [-0.25, -0.2) is 9.59 Å². The Hall–Kier alpha value is -3.81. The van der Waals surface area contributed by atoms with Gasteiger partial charge in [-0.15, -0.1) is 0 Å². The van der Waals surface area contributed by atoms with Crippen LogP contribution in [0.2, 0.25) is 0 Å². The molecule has 1 saturated carbocycles. The molecule has 180 valence electrons. The second-order valence-corrected chi connectivity index (χ2v) is 7.72. The van der Waals surface area contributed by atoms with Crippen LogP contribution in [0.1, 0.15) is 36.0 Å². The number of carbonyl (C=O) groups excluding carboxylic acids is 3. The summed E-state index contributed by atoms with van der Waals surface area (Å²) in [5, 5.41) is 0. The third-order valence-corrected chi connectivity index (χ3v) is 5.41. The molecule has 8 heteroatoms. The van der Waals surface area contributed by atoms with E-state index in [1.807, 2.05) is 0 Å². The van der Waals surface area contributed by atoms with Crippen LogP contribution in [0, 0.1) is 5.92 Å². The average molecular weight is 469 g/mol. The van der Waals surface area contributed by atoms with E-state index in [0.29, 0.717) is 48.5 Å². The molecular weight excluding hydrogens is 440 g/mol. The molecule has 0 N–H and O–H groups in total. The maximum Gasteiger partial charge on any atom is 0.338 e. The highest BCUT2D eigenvalue weighted by Gasteiger charge is 2.29. The fourth-order valence-electron chi connectivity index (χ4n) is 3.53. The first-order chi connectivity index (χ1) is 16.5. The number of methoxy groups -OCH3 is 1. The predicted octanol–water partition coefficient (Wildman–Crippen LogP) is 4.12. The summed E-state index contributed by atoms with van der Waals surface area (Å²) in [4.78, 5) is 35.9. The van der Waals surface area contributed by atoms with Crippen LogP contribution in [0.5, 0.6) is 17.2 Å². The van der Waals surface area contributed by atoms with E-state index in [-0.39, 0.29) is 31.2 Å². The molecule has 0 amide bonds. The Morgan fingerprint density at radius 1 is 0.882 bits per heavy atom. The van der Waals surface area contributed by atoms with E-state index in [2.05, 4.69) is 6.58 Å². The molecule has 0 unspecified atom stereocenters. The third kappa shape index (κ3) is 7.37. The molecule has 0 saturated heterocycles. The van der Waals surface area contributed by atoms with E-state index < -0.39 is 11.9 Å². The van der Waals surface area contributed by atoms with Gasteiger partial charge in [0.25, 0.3) is 0 Å². The topological polar surface area (TPSA) is 97.4 Å². The van der Waals surface area contributed by atoms with Gasteiger partial charge in [0.05, 0.1) is 18.6 Å². The van der Waals surface area contributed by atoms with Gasteiger partial charge < -0.3 is 23.7 Å². The molecule has 34 heavy (non-hydrogen) atoms. The molecule has 8 nitrogen and oxygen atoms in total. The van der Waals surface area contributed by atoms with Crippen molar-refractivity contribution >= 4 is 17.9 Å². The minimum Gasteiger partial charge on any atom is -0.497 e. The summed E-state index contributed by atoms with van der Waals surface area (Å²) in [5.41, 5.74) is 0.409. The Balaban J connectivity index is 1.39. The van der Waals surface area contributed by atoms with Crippen LogP contribution in [-0.2, 0) is 19.1 Å². The Morgan fingerprint density at radius 2 is 1.50 bits per heavy atom. The van der Waals surface area contributed by atoms with E-state index in [1.165, 1.54) is 0 Å². The molecule has 0 bridgehead atoms. The van der Waals surface area contributed by atoms with Gasteiger partial charge in [0, 0.05) is 6.08 Å². The zero-order chi connectivity index (χ0) is 24.3. The summed E-state index contributed by atoms with van der Waals surface area (Å²) < 4.78 is 26.5. The minimum atomic E-state index is -0.509. The number of hydrogen-bond donors (Lipinski definition) is 0. The molecule has 0 aromatic heterocycles. The van der Waals surface area contributed by atoms with E-state index in [1.54, 1.807) is 55.6 Å². The lowest BCUT2D eigenvalue weighted by Gasteiger charge is -2.27. The van der Waals surface area contributed by atoms with Crippen molar-refractivity contribution in [3.05, 3.63) is 66.7 Å². The minimum absolute atomic E-state index is 0.102. The zero-order valence-corrected chi connectivity index (χ0v) is 19.1. The average Bonchev–Trinajstić information content (AvgIpc) is 2.87. The molecule has 1 aliphatic rings. The highest BCUT2D eigenvalue weighted by atomic mass is 16.6. The second-order valence-electron chi connectivity index (χ2n) is 7.72. The first-order valence-electron chi connectivity index (χ1n) is 11.1. The van der Waals surface area contributed by atoms with E-state index in [4.69, 9.17) is 23.7 Å². The van der Waals surface area contributed by atoms with Crippen molar-refractivity contribution in [2.45, 2.75) is 31.8 Å². The molecule has 0 atom stereocenters. The van der Waals surface area contributed by atoms with Gasteiger partial charge in [0.15, 0.2) is 0 Å². The van der Waals surface area contributed by atoms with Crippen LogP contribution in [0.4, 0.5) is 0 Å². The smallest absolute Gasteiger partial charge is 0.338 e. The quantitative estimate of drug-likeness (QED) is 0.222. The van der Waals surface area contributed by atoms with Gasteiger partial charge >= 0.3 is 17.9 Å². The van der Waals surface area contributed by atoms with Crippen LogP contribution in [-0.4, -0.2) is 44.3 Å². The number of hydrogen-bond acceptors (Lipinski definition) is 8. The van der Waals surface area contributed by atoms with Crippen LogP contribution in [0.15, 0.2) is 61.2 Å². The number of esters is 3. The summed E-state index contributed by atoms with van der Waals surface area (Å²) in [7, 11) is 1.57. The molecule has 0 spiro atoms. The molecule has 1 fully saturated rings. The highest BCUT2D eigenvalue weighted by molar-refractivity contribution is 5.89. The fraction of sp³-hybridized carbons (Fsp3) is 0.346. The van der Waals surface area contributed by atoms with Crippen LogP contribution in [0.3, 0.4) is 0 Å². The van der Waals surface area contributed by atoms with Crippen LogP contribution >= 0.6 is 0 Å². The van der Waals surface area contributed by atoms with Crippen molar-refractivity contribution in [3.8, 4) is 17.2 Å². The van der Waals surface area contributed by atoms with Gasteiger partial charge in [-0.2, -0.15) is 0 Å². The third-order valence-electron chi connectivity index (χ3n) is 5.41. The molecule has 0 aliphatic heterocycles. The van der Waals surface area contributed by atoms with Crippen molar-refractivity contribution in [1.82, 2.24) is 0 Å². The number of rotatable bonds is 10. The molecule has 1 aliphatic carbocycles. The van der Waals surface area contributed by atoms with Gasteiger partial charge in [0.1, 0.15) is 36.6 Å². The molecule has 3 rings (SSSR count). The molecule has 0 heterocycles. The molecule has 2 aromatic rings. The summed E-state index contributed by atoms with van der Waals surface area (Å²) in [6.45, 7) is 3.60. The second kappa shape index (κ2) is 12.4. The van der Waals surface area contributed by atoms with Gasteiger partial charge in [0.2, 0.25) is 0 Å². The lowest BCUT2D eigenvalue weighted by molar-refractivity contribution is -0.141. The standard InChI is InChI=1S/C26H28O8/c1-3-24(27)32-17-16-31-21-8-4-18(5-9-21)25(28)33-22-10-6-19(7-11-22)26(29)34-23-14-12-20(30-2)13-15-23/h3-5,8-9,12-15,19,22H,1,6-7,10-11,16-17H2,2H3. The maximum atomic E-state index is 12.5. The number of ether oxygens (including phenoxy) is 5. The Bertz CT molecular complexity index is 973. The Morgan fingerprint density at radius 3 is 2.12 bits per heavy atom. The molecule has 0 radical (unpaired) electrons. The normalized spacial score (nSPS) is 17.2. The maximum absolute atomic E-state index is 12.5. The van der Waals surface area contributed by atoms with E-state index in [9.17, 15) is 14.4 Å².